The number of nitrogens with two attached hydrogens (primary N) is 1. The topological polar surface area (TPSA) is 49.5 Å². The van der Waals surface area contributed by atoms with E-state index in [9.17, 15) is 0 Å². The molecule has 0 amide bonds. The zero-order valence-corrected chi connectivity index (χ0v) is 8.60. The van der Waals surface area contributed by atoms with E-state index in [0.717, 1.165) is 13.0 Å². The van der Waals surface area contributed by atoms with Gasteiger partial charge in [-0.1, -0.05) is 19.1 Å². The molecular weight excluding hydrogens is 172 g/mol. The van der Waals surface area contributed by atoms with Crippen LogP contribution in [0.3, 0.4) is 0 Å². The van der Waals surface area contributed by atoms with Gasteiger partial charge in [0.05, 0.1) is 11.6 Å². The molecule has 0 aliphatic carbocycles. The zero-order valence-electron chi connectivity index (χ0n) is 7.79. The van der Waals surface area contributed by atoms with E-state index in [0.29, 0.717) is 17.6 Å². The summed E-state index contributed by atoms with van der Waals surface area (Å²) in [5.41, 5.74) is 5.42. The Morgan fingerprint density at radius 3 is 2.58 bits per heavy atom. The van der Waals surface area contributed by atoms with Gasteiger partial charge in [0, 0.05) is 19.0 Å². The van der Waals surface area contributed by atoms with Crippen LogP contribution in [0.15, 0.2) is 0 Å². The third-order valence-electron chi connectivity index (χ3n) is 1.91. The normalized spacial score (nSPS) is 13.3. The first-order valence-electron chi connectivity index (χ1n) is 4.25. The van der Waals surface area contributed by atoms with E-state index in [4.69, 9.17) is 23.1 Å². The Bertz CT molecular complexity index is 141. The predicted octanol–water partition coefficient (Wildman–Crippen LogP) is 0.365. The molecule has 0 aromatic heterocycles. The molecule has 0 saturated heterocycles. The van der Waals surface area contributed by atoms with Crippen LogP contribution in [-0.4, -0.2) is 40.7 Å². The van der Waals surface area contributed by atoms with Gasteiger partial charge in [0.1, 0.15) is 0 Å². The molecule has 72 valence electrons. The molecule has 0 radical (unpaired) electrons. The molecule has 0 spiro atoms. The van der Waals surface area contributed by atoms with Crippen molar-refractivity contribution in [2.24, 2.45) is 5.73 Å². The van der Waals surface area contributed by atoms with Crippen LogP contribution in [0.5, 0.6) is 0 Å². The fourth-order valence-electron chi connectivity index (χ4n) is 1.24. The van der Waals surface area contributed by atoms with E-state index in [1.54, 1.807) is 0 Å². The number of thiocarbonyl (C=S) groups is 1. The highest BCUT2D eigenvalue weighted by Gasteiger charge is 2.11. The molecular formula is C8H18N2OS. The van der Waals surface area contributed by atoms with Crippen molar-refractivity contribution < 1.29 is 5.11 Å². The molecule has 0 fully saturated rings. The van der Waals surface area contributed by atoms with Gasteiger partial charge in [0.15, 0.2) is 0 Å². The van der Waals surface area contributed by atoms with Crippen molar-refractivity contribution in [3.8, 4) is 0 Å². The number of aliphatic hydroxyl groups is 1. The number of likely N-dealkylation sites (N-methyl/N-ethyl adjacent to an activating group) is 1. The summed E-state index contributed by atoms with van der Waals surface area (Å²) in [7, 11) is 0. The molecule has 0 bridgehead atoms. The molecule has 3 N–H and O–H groups in total. The quantitative estimate of drug-likeness (QED) is 0.594. The Morgan fingerprint density at radius 1 is 1.67 bits per heavy atom. The Morgan fingerprint density at radius 2 is 2.25 bits per heavy atom. The van der Waals surface area contributed by atoms with Crippen molar-refractivity contribution in [1.29, 1.82) is 0 Å². The first-order valence-corrected chi connectivity index (χ1v) is 4.65. The molecule has 0 aromatic carbocycles. The lowest BCUT2D eigenvalue weighted by Crippen LogP contribution is -2.37. The second-order valence-electron chi connectivity index (χ2n) is 2.87. The van der Waals surface area contributed by atoms with Crippen LogP contribution in [0.25, 0.3) is 0 Å². The summed E-state index contributed by atoms with van der Waals surface area (Å²) in [6.07, 6.45) is 0.725. The van der Waals surface area contributed by atoms with Crippen LogP contribution in [0.1, 0.15) is 20.3 Å². The molecule has 0 heterocycles. The van der Waals surface area contributed by atoms with Crippen molar-refractivity contribution in [3.63, 3.8) is 0 Å². The van der Waals surface area contributed by atoms with Crippen LogP contribution in [0, 0.1) is 0 Å². The van der Waals surface area contributed by atoms with Gasteiger partial charge < -0.3 is 10.8 Å². The smallest absolute Gasteiger partial charge is 0.0742 e. The maximum Gasteiger partial charge on any atom is 0.0742 e. The van der Waals surface area contributed by atoms with Gasteiger partial charge in [-0.25, -0.2) is 0 Å². The molecule has 1 atom stereocenters. The van der Waals surface area contributed by atoms with Crippen LogP contribution < -0.4 is 5.73 Å². The van der Waals surface area contributed by atoms with E-state index in [2.05, 4.69) is 18.7 Å². The minimum Gasteiger partial charge on any atom is -0.395 e. The number of hydrogen-bond donors (Lipinski definition) is 2. The van der Waals surface area contributed by atoms with Crippen molar-refractivity contribution >= 4 is 17.2 Å². The van der Waals surface area contributed by atoms with E-state index < -0.39 is 0 Å². The first kappa shape index (κ1) is 11.8. The molecule has 1 unspecified atom stereocenters. The molecule has 3 nitrogen and oxygen atoms in total. The van der Waals surface area contributed by atoms with Crippen molar-refractivity contribution in [2.75, 3.05) is 19.7 Å². The van der Waals surface area contributed by atoms with Gasteiger partial charge in [-0.15, -0.1) is 0 Å². The summed E-state index contributed by atoms with van der Waals surface area (Å²) in [5.74, 6) is 0. The Kier molecular flexibility index (Phi) is 6.24. The third kappa shape index (κ3) is 4.64. The molecule has 0 aliphatic heterocycles. The Labute approximate surface area is 79.5 Å². The molecule has 12 heavy (non-hydrogen) atoms. The number of aliphatic hydroxyl groups excluding tert-OH is 1. The monoisotopic (exact) mass is 190 g/mol. The highest BCUT2D eigenvalue weighted by atomic mass is 32.1. The number of hydrogen-bond acceptors (Lipinski definition) is 3. The summed E-state index contributed by atoms with van der Waals surface area (Å²) in [6.45, 7) is 5.93. The number of nitrogens with zero attached hydrogens (tertiary/aromatic N) is 1. The van der Waals surface area contributed by atoms with E-state index in [1.807, 2.05) is 0 Å². The highest BCUT2D eigenvalue weighted by molar-refractivity contribution is 7.80. The van der Waals surface area contributed by atoms with Gasteiger partial charge in [-0.2, -0.15) is 0 Å². The molecule has 0 rings (SSSR count). The molecule has 0 aliphatic rings. The van der Waals surface area contributed by atoms with E-state index in [-0.39, 0.29) is 6.61 Å². The van der Waals surface area contributed by atoms with Crippen LogP contribution >= 0.6 is 12.2 Å². The van der Waals surface area contributed by atoms with Crippen molar-refractivity contribution in [3.05, 3.63) is 0 Å². The molecule has 0 saturated carbocycles. The van der Waals surface area contributed by atoms with E-state index in [1.165, 1.54) is 0 Å². The summed E-state index contributed by atoms with van der Waals surface area (Å²) in [5, 5.41) is 8.75. The maximum atomic E-state index is 8.75. The fraction of sp³-hybridized carbons (Fsp3) is 0.875. The summed E-state index contributed by atoms with van der Waals surface area (Å²) in [6, 6.07) is 0.333. The first-order chi connectivity index (χ1) is 5.61. The van der Waals surface area contributed by atoms with Gasteiger partial charge in [-0.3, -0.25) is 4.90 Å². The number of rotatable bonds is 6. The minimum absolute atomic E-state index is 0.190. The fourth-order valence-corrected chi connectivity index (χ4v) is 1.48. The van der Waals surface area contributed by atoms with Gasteiger partial charge >= 0.3 is 0 Å². The average molecular weight is 190 g/mol. The summed E-state index contributed by atoms with van der Waals surface area (Å²) < 4.78 is 0. The minimum atomic E-state index is 0.190. The molecule has 4 heteroatoms. The van der Waals surface area contributed by atoms with Crippen LogP contribution in [-0.2, 0) is 0 Å². The lowest BCUT2D eigenvalue weighted by molar-refractivity contribution is 0.167. The van der Waals surface area contributed by atoms with Gasteiger partial charge in [0.25, 0.3) is 0 Å². The third-order valence-corrected chi connectivity index (χ3v) is 2.08. The second kappa shape index (κ2) is 6.34. The lowest BCUT2D eigenvalue weighted by atomic mass is 10.2. The largest absolute Gasteiger partial charge is 0.395 e. The summed E-state index contributed by atoms with van der Waals surface area (Å²) in [4.78, 5) is 2.69. The Balaban J connectivity index is 3.84. The average Bonchev–Trinajstić information content (AvgIpc) is 1.98. The zero-order chi connectivity index (χ0) is 9.56. The SMILES string of the molecule is CCN(CCO)C(C)CC(N)=S. The summed E-state index contributed by atoms with van der Waals surface area (Å²) >= 11 is 4.81. The second-order valence-corrected chi connectivity index (χ2v) is 3.40. The van der Waals surface area contributed by atoms with Gasteiger partial charge in [-0.05, 0) is 13.5 Å². The predicted molar refractivity (Wildman–Crippen MR) is 55.2 cm³/mol. The lowest BCUT2D eigenvalue weighted by Gasteiger charge is -2.26. The molecule has 0 aromatic rings. The van der Waals surface area contributed by atoms with Crippen molar-refractivity contribution in [2.45, 2.75) is 26.3 Å². The van der Waals surface area contributed by atoms with Gasteiger partial charge in [0.2, 0.25) is 0 Å². The highest BCUT2D eigenvalue weighted by Crippen LogP contribution is 2.02. The standard InChI is InChI=1S/C8H18N2OS/c1-3-10(4-5-11)7(2)6-8(9)12/h7,11H,3-6H2,1-2H3,(H2,9,12). The van der Waals surface area contributed by atoms with Crippen LogP contribution in [0.2, 0.25) is 0 Å². The van der Waals surface area contributed by atoms with E-state index >= 15 is 0 Å². The Hall–Kier alpha value is -0.190. The maximum absolute atomic E-state index is 8.75. The van der Waals surface area contributed by atoms with Crippen molar-refractivity contribution in [1.82, 2.24) is 4.90 Å². The van der Waals surface area contributed by atoms with Crippen LogP contribution in [0.4, 0.5) is 0 Å².